The lowest BCUT2D eigenvalue weighted by molar-refractivity contribution is -0.150. The first kappa shape index (κ1) is 28.1. The Bertz CT molecular complexity index is 1080. The zero-order valence-electron chi connectivity index (χ0n) is 23.3. The number of carboxylic acid groups (broad SMARTS) is 1. The topological polar surface area (TPSA) is 117 Å². The number of ether oxygens (including phenoxy) is 2. The number of aliphatic hydroxyl groups excluding tert-OH is 1. The molecule has 1 aromatic rings. The molecule has 9 heteroatoms. The van der Waals surface area contributed by atoms with Crippen LogP contribution in [0.1, 0.15) is 89.8 Å². The number of carbonyl (C=O) groups is 2. The van der Waals surface area contributed by atoms with E-state index in [-0.39, 0.29) is 58.3 Å². The highest BCUT2D eigenvalue weighted by molar-refractivity contribution is 5.80. The van der Waals surface area contributed by atoms with Crippen molar-refractivity contribution in [1.82, 2.24) is 10.6 Å². The standard InChI is InChI=1S/C30H43FN2O6/c1-29(9-4-10-29)16-32-27(35)23-17-5-6-18(13-17)24(23)33-26(34)21-14-20(15-22(31)25(21)38-3)39-19-7-11-30(2,12-8-19)28(36)37/h14-15,17-19,23-24,26,33-34H,4-13,16H2,1-3H3,(H,32,35)(H,36,37)/t17-,18+,19-,23+,24-,26?,30+/m1/s1. The molecule has 0 radical (unpaired) electrons. The Morgan fingerprint density at radius 3 is 2.41 bits per heavy atom. The summed E-state index contributed by atoms with van der Waals surface area (Å²) in [5.74, 6) is -0.879. The van der Waals surface area contributed by atoms with Crippen LogP contribution in [-0.4, -0.2) is 47.9 Å². The van der Waals surface area contributed by atoms with Gasteiger partial charge in [-0.05, 0) is 88.0 Å². The van der Waals surface area contributed by atoms with Crippen molar-refractivity contribution in [3.8, 4) is 11.5 Å². The maximum absolute atomic E-state index is 15.1. The van der Waals surface area contributed by atoms with E-state index in [0.717, 1.165) is 32.1 Å². The molecule has 4 aliphatic carbocycles. The zero-order valence-corrected chi connectivity index (χ0v) is 23.3. The summed E-state index contributed by atoms with van der Waals surface area (Å²) in [6.07, 6.45) is 7.02. The molecule has 1 unspecified atom stereocenters. The minimum atomic E-state index is -1.25. The Labute approximate surface area is 230 Å². The number of carbonyl (C=O) groups excluding carboxylic acids is 1. The van der Waals surface area contributed by atoms with Crippen molar-refractivity contribution in [3.63, 3.8) is 0 Å². The third kappa shape index (κ3) is 5.62. The second kappa shape index (κ2) is 10.9. The smallest absolute Gasteiger partial charge is 0.309 e. The summed E-state index contributed by atoms with van der Waals surface area (Å²) in [4.78, 5) is 24.9. The molecule has 1 amide bonds. The second-order valence-corrected chi connectivity index (χ2v) is 13.0. The van der Waals surface area contributed by atoms with Crippen LogP contribution < -0.4 is 20.1 Å². The number of rotatable bonds is 10. The molecule has 39 heavy (non-hydrogen) atoms. The van der Waals surface area contributed by atoms with Crippen LogP contribution in [0.5, 0.6) is 11.5 Å². The van der Waals surface area contributed by atoms with Crippen molar-refractivity contribution in [2.24, 2.45) is 28.6 Å². The maximum Gasteiger partial charge on any atom is 0.309 e. The molecule has 8 nitrogen and oxygen atoms in total. The van der Waals surface area contributed by atoms with Crippen molar-refractivity contribution < 1.29 is 33.7 Å². The van der Waals surface area contributed by atoms with Gasteiger partial charge in [0.05, 0.1) is 24.5 Å². The molecule has 4 fully saturated rings. The van der Waals surface area contributed by atoms with Gasteiger partial charge in [-0.3, -0.25) is 14.9 Å². The summed E-state index contributed by atoms with van der Waals surface area (Å²) >= 11 is 0. The molecule has 4 saturated carbocycles. The van der Waals surface area contributed by atoms with Crippen LogP contribution in [0.25, 0.3) is 0 Å². The van der Waals surface area contributed by atoms with Crippen LogP contribution in [0.15, 0.2) is 12.1 Å². The SMILES string of the molecule is COc1c(F)cc(O[C@H]2CC[C@@](C)(C(=O)O)CC2)cc1C(O)N[C@@H]1[C@H]2CC[C@H](C2)[C@@H]1C(=O)NCC1(C)CCC1. The predicted octanol–water partition coefficient (Wildman–Crippen LogP) is 4.55. The predicted molar refractivity (Wildman–Crippen MR) is 143 cm³/mol. The minimum absolute atomic E-state index is 0.0425. The van der Waals surface area contributed by atoms with Gasteiger partial charge < -0.3 is 25.0 Å². The van der Waals surface area contributed by atoms with Gasteiger partial charge in [0.2, 0.25) is 5.91 Å². The van der Waals surface area contributed by atoms with E-state index in [4.69, 9.17) is 9.47 Å². The van der Waals surface area contributed by atoms with E-state index >= 15 is 4.39 Å². The number of halogens is 1. The average Bonchev–Trinajstić information content (AvgIpc) is 3.49. The molecule has 216 valence electrons. The molecular weight excluding hydrogens is 503 g/mol. The number of aliphatic hydroxyl groups is 1. The monoisotopic (exact) mass is 546 g/mol. The van der Waals surface area contributed by atoms with Gasteiger partial charge in [0.1, 0.15) is 12.0 Å². The van der Waals surface area contributed by atoms with Gasteiger partial charge in [-0.15, -0.1) is 0 Å². The van der Waals surface area contributed by atoms with Gasteiger partial charge in [-0.25, -0.2) is 4.39 Å². The van der Waals surface area contributed by atoms with Gasteiger partial charge in [0.25, 0.3) is 0 Å². The van der Waals surface area contributed by atoms with Gasteiger partial charge >= 0.3 is 5.97 Å². The van der Waals surface area contributed by atoms with E-state index in [1.165, 1.54) is 19.6 Å². The Hall–Kier alpha value is -2.39. The fraction of sp³-hybridized carbons (Fsp3) is 0.733. The van der Waals surface area contributed by atoms with Crippen LogP contribution in [-0.2, 0) is 9.59 Å². The lowest BCUT2D eigenvalue weighted by Gasteiger charge is -2.39. The lowest BCUT2D eigenvalue weighted by atomic mass is 9.70. The largest absolute Gasteiger partial charge is 0.493 e. The van der Waals surface area contributed by atoms with Crippen LogP contribution in [0.3, 0.4) is 0 Å². The fourth-order valence-corrected chi connectivity index (χ4v) is 7.38. The molecule has 1 aromatic carbocycles. The van der Waals surface area contributed by atoms with Gasteiger partial charge in [0.15, 0.2) is 11.6 Å². The first-order valence-corrected chi connectivity index (χ1v) is 14.5. The quantitative estimate of drug-likeness (QED) is 0.318. The number of methoxy groups -OCH3 is 1. The number of amides is 1. The Morgan fingerprint density at radius 1 is 1.10 bits per heavy atom. The highest BCUT2D eigenvalue weighted by Gasteiger charge is 2.51. The van der Waals surface area contributed by atoms with Crippen LogP contribution in [0, 0.1) is 34.4 Å². The molecule has 5 rings (SSSR count). The van der Waals surface area contributed by atoms with Crippen LogP contribution in [0.4, 0.5) is 4.39 Å². The molecule has 2 bridgehead atoms. The Balaban J connectivity index is 1.28. The number of benzene rings is 1. The summed E-state index contributed by atoms with van der Waals surface area (Å²) in [7, 11) is 1.36. The van der Waals surface area contributed by atoms with E-state index < -0.39 is 23.4 Å². The van der Waals surface area contributed by atoms with Crippen molar-refractivity contribution in [2.45, 2.75) is 96.4 Å². The summed E-state index contributed by atoms with van der Waals surface area (Å²) in [6, 6.07) is 2.62. The summed E-state index contributed by atoms with van der Waals surface area (Å²) in [5, 5.41) is 27.2. The van der Waals surface area contributed by atoms with E-state index in [0.29, 0.717) is 32.2 Å². The highest BCUT2D eigenvalue weighted by Crippen LogP contribution is 2.50. The Morgan fingerprint density at radius 2 is 1.79 bits per heavy atom. The fourth-order valence-electron chi connectivity index (χ4n) is 7.38. The van der Waals surface area contributed by atoms with Crippen molar-refractivity contribution in [2.75, 3.05) is 13.7 Å². The van der Waals surface area contributed by atoms with Gasteiger partial charge in [-0.2, -0.15) is 0 Å². The summed E-state index contributed by atoms with van der Waals surface area (Å²) in [5.41, 5.74) is -0.358. The lowest BCUT2D eigenvalue weighted by Crippen LogP contribution is -2.51. The van der Waals surface area contributed by atoms with Crippen molar-refractivity contribution in [3.05, 3.63) is 23.5 Å². The molecule has 0 aromatic heterocycles. The molecular formula is C30H43FN2O6. The highest BCUT2D eigenvalue weighted by atomic mass is 19.1. The maximum atomic E-state index is 15.1. The molecule has 0 heterocycles. The van der Waals surface area contributed by atoms with Gasteiger partial charge in [0, 0.05) is 24.2 Å². The number of hydrogen-bond donors (Lipinski definition) is 4. The molecule has 4 aliphatic rings. The number of aliphatic carboxylic acids is 1. The molecule has 0 aliphatic heterocycles. The van der Waals surface area contributed by atoms with E-state index in [1.54, 1.807) is 13.0 Å². The van der Waals surface area contributed by atoms with Crippen molar-refractivity contribution in [1.29, 1.82) is 0 Å². The molecule has 0 spiro atoms. The normalized spacial score (nSPS) is 33.7. The van der Waals surface area contributed by atoms with E-state index in [9.17, 15) is 19.8 Å². The number of fused-ring (bicyclic) bond motifs is 2. The summed E-state index contributed by atoms with van der Waals surface area (Å²) in [6.45, 7) is 4.64. The second-order valence-electron chi connectivity index (χ2n) is 13.0. The number of carboxylic acids is 1. The molecule has 0 saturated heterocycles. The third-order valence-corrected chi connectivity index (χ3v) is 10.2. The number of nitrogens with one attached hydrogen (secondary N) is 2. The third-order valence-electron chi connectivity index (χ3n) is 10.2. The van der Waals surface area contributed by atoms with E-state index in [1.807, 2.05) is 0 Å². The molecule has 4 N–H and O–H groups in total. The number of hydrogen-bond acceptors (Lipinski definition) is 6. The first-order valence-electron chi connectivity index (χ1n) is 14.5. The summed E-state index contributed by atoms with van der Waals surface area (Å²) < 4.78 is 26.5. The van der Waals surface area contributed by atoms with Crippen LogP contribution >= 0.6 is 0 Å². The van der Waals surface area contributed by atoms with Crippen molar-refractivity contribution >= 4 is 11.9 Å². The van der Waals surface area contributed by atoms with Gasteiger partial charge in [-0.1, -0.05) is 13.3 Å². The van der Waals surface area contributed by atoms with E-state index in [2.05, 4.69) is 17.6 Å². The minimum Gasteiger partial charge on any atom is -0.493 e. The first-order chi connectivity index (χ1) is 18.5. The van der Waals surface area contributed by atoms with Crippen LogP contribution in [0.2, 0.25) is 0 Å². The average molecular weight is 547 g/mol. The zero-order chi connectivity index (χ0) is 27.9. The Kier molecular flexibility index (Phi) is 7.85. The molecule has 5 atom stereocenters.